The van der Waals surface area contributed by atoms with Gasteiger partial charge in [0.2, 0.25) is 0 Å². The molecule has 1 heterocycles. The summed E-state index contributed by atoms with van der Waals surface area (Å²) in [6.45, 7) is 1.81. The largest absolute Gasteiger partial charge is 0.506 e. The molecule has 0 aliphatic rings. The molecule has 2 rings (SSSR count). The summed E-state index contributed by atoms with van der Waals surface area (Å²) in [5, 5.41) is 12.4. The first-order chi connectivity index (χ1) is 8.58. The number of nitrogens with zero attached hydrogens (tertiary/aromatic N) is 1. The van der Waals surface area contributed by atoms with Crippen molar-refractivity contribution in [2.24, 2.45) is 0 Å². The quantitative estimate of drug-likeness (QED) is 0.875. The molecule has 92 valence electrons. The molecule has 0 saturated heterocycles. The van der Waals surface area contributed by atoms with Gasteiger partial charge in [-0.3, -0.25) is 9.78 Å². The lowest BCUT2D eigenvalue weighted by Crippen LogP contribution is -2.13. The number of rotatable bonds is 2. The van der Waals surface area contributed by atoms with Crippen LogP contribution in [0.4, 0.5) is 5.69 Å². The molecule has 0 fully saturated rings. The predicted octanol–water partition coefficient (Wildman–Crippen LogP) is 3.00. The molecule has 0 aliphatic heterocycles. The SMILES string of the molecule is Cc1cnccc1C(=O)Nc1ccc(Cl)c(O)c1. The molecule has 0 saturated carbocycles. The molecule has 5 heteroatoms. The Morgan fingerprint density at radius 3 is 2.83 bits per heavy atom. The van der Waals surface area contributed by atoms with Crippen LogP contribution in [0.5, 0.6) is 5.75 Å². The van der Waals surface area contributed by atoms with Gasteiger partial charge in [-0.2, -0.15) is 0 Å². The van der Waals surface area contributed by atoms with Crippen LogP contribution in [0.3, 0.4) is 0 Å². The first-order valence-electron chi connectivity index (χ1n) is 5.28. The van der Waals surface area contributed by atoms with Crippen LogP contribution in [0, 0.1) is 6.92 Å². The minimum Gasteiger partial charge on any atom is -0.506 e. The molecule has 1 amide bonds. The molecule has 0 atom stereocenters. The monoisotopic (exact) mass is 262 g/mol. The third-order valence-corrected chi connectivity index (χ3v) is 2.79. The normalized spacial score (nSPS) is 10.1. The second-order valence-corrected chi connectivity index (χ2v) is 4.22. The molecule has 0 aliphatic carbocycles. The van der Waals surface area contributed by atoms with Gasteiger partial charge in [0.25, 0.3) is 5.91 Å². The Labute approximate surface area is 109 Å². The number of carbonyl (C=O) groups is 1. The van der Waals surface area contributed by atoms with E-state index in [1.807, 2.05) is 0 Å². The van der Waals surface area contributed by atoms with Crippen molar-refractivity contribution in [2.75, 3.05) is 5.32 Å². The summed E-state index contributed by atoms with van der Waals surface area (Å²) in [6, 6.07) is 6.18. The van der Waals surface area contributed by atoms with Gasteiger partial charge in [-0.1, -0.05) is 11.6 Å². The van der Waals surface area contributed by atoms with E-state index in [2.05, 4.69) is 10.3 Å². The molecule has 2 N–H and O–H groups in total. The summed E-state index contributed by atoms with van der Waals surface area (Å²) in [5.74, 6) is -0.322. The van der Waals surface area contributed by atoms with E-state index >= 15 is 0 Å². The fourth-order valence-electron chi connectivity index (χ4n) is 1.52. The molecule has 2 aromatic rings. The number of aromatic nitrogens is 1. The third kappa shape index (κ3) is 2.60. The number of anilines is 1. The molecular weight excluding hydrogens is 252 g/mol. The summed E-state index contributed by atoms with van der Waals surface area (Å²) in [5.41, 5.74) is 1.81. The number of amides is 1. The Bertz CT molecular complexity index is 599. The van der Waals surface area contributed by atoms with Crippen molar-refractivity contribution in [3.05, 3.63) is 52.8 Å². The Balaban J connectivity index is 2.22. The van der Waals surface area contributed by atoms with E-state index in [1.54, 1.807) is 31.5 Å². The zero-order valence-corrected chi connectivity index (χ0v) is 10.4. The standard InChI is InChI=1S/C13H11ClN2O2/c1-8-7-15-5-4-10(8)13(18)16-9-2-3-11(14)12(17)6-9/h2-7,17H,1H3,(H,16,18). The van der Waals surface area contributed by atoms with Crippen LogP contribution >= 0.6 is 11.6 Å². The van der Waals surface area contributed by atoms with Crippen molar-refractivity contribution < 1.29 is 9.90 Å². The molecule has 0 unspecified atom stereocenters. The van der Waals surface area contributed by atoms with Gasteiger partial charge in [-0.15, -0.1) is 0 Å². The molecule has 1 aromatic carbocycles. The van der Waals surface area contributed by atoms with Crippen molar-refractivity contribution in [1.29, 1.82) is 0 Å². The van der Waals surface area contributed by atoms with Crippen LogP contribution in [-0.2, 0) is 0 Å². The van der Waals surface area contributed by atoms with Gasteiger partial charge in [0.15, 0.2) is 0 Å². The summed E-state index contributed by atoms with van der Waals surface area (Å²) < 4.78 is 0. The number of phenolic OH excluding ortho intramolecular Hbond substituents is 1. The van der Waals surface area contributed by atoms with Crippen molar-refractivity contribution in [3.8, 4) is 5.75 Å². The number of benzene rings is 1. The minimum absolute atomic E-state index is 0.0686. The average molecular weight is 263 g/mol. The molecule has 0 bridgehead atoms. The van der Waals surface area contributed by atoms with Crippen LogP contribution in [0.1, 0.15) is 15.9 Å². The van der Waals surface area contributed by atoms with Gasteiger partial charge in [0, 0.05) is 29.7 Å². The number of pyridine rings is 1. The zero-order chi connectivity index (χ0) is 13.1. The maximum absolute atomic E-state index is 12.0. The van der Waals surface area contributed by atoms with E-state index in [-0.39, 0.29) is 16.7 Å². The number of nitrogens with one attached hydrogen (secondary N) is 1. The number of aromatic hydroxyl groups is 1. The number of aryl methyl sites for hydroxylation is 1. The second kappa shape index (κ2) is 5.06. The van der Waals surface area contributed by atoms with Crippen molar-refractivity contribution in [2.45, 2.75) is 6.92 Å². The van der Waals surface area contributed by atoms with Crippen LogP contribution in [0.25, 0.3) is 0 Å². The van der Waals surface area contributed by atoms with E-state index in [9.17, 15) is 9.90 Å². The van der Waals surface area contributed by atoms with Crippen LogP contribution in [0.2, 0.25) is 5.02 Å². The Hall–Kier alpha value is -2.07. The van der Waals surface area contributed by atoms with E-state index in [0.29, 0.717) is 11.3 Å². The fraction of sp³-hybridized carbons (Fsp3) is 0.0769. The lowest BCUT2D eigenvalue weighted by molar-refractivity contribution is 0.102. The van der Waals surface area contributed by atoms with Gasteiger partial charge in [0.05, 0.1) is 5.02 Å². The van der Waals surface area contributed by atoms with Crippen molar-refractivity contribution in [1.82, 2.24) is 4.98 Å². The summed E-state index contributed by atoms with van der Waals surface area (Å²) in [4.78, 5) is 15.9. The molecule has 1 aromatic heterocycles. The van der Waals surface area contributed by atoms with Gasteiger partial charge >= 0.3 is 0 Å². The van der Waals surface area contributed by atoms with Gasteiger partial charge in [0.1, 0.15) is 5.75 Å². The highest BCUT2D eigenvalue weighted by molar-refractivity contribution is 6.32. The Morgan fingerprint density at radius 1 is 1.39 bits per heavy atom. The number of carbonyl (C=O) groups excluding carboxylic acids is 1. The lowest BCUT2D eigenvalue weighted by Gasteiger charge is -2.08. The molecule has 0 spiro atoms. The average Bonchev–Trinajstić information content (AvgIpc) is 2.34. The van der Waals surface area contributed by atoms with Crippen LogP contribution in [-0.4, -0.2) is 16.0 Å². The van der Waals surface area contributed by atoms with Crippen LogP contribution in [0.15, 0.2) is 36.7 Å². The van der Waals surface area contributed by atoms with Gasteiger partial charge in [-0.25, -0.2) is 0 Å². The van der Waals surface area contributed by atoms with Gasteiger partial charge in [-0.05, 0) is 30.7 Å². The van der Waals surface area contributed by atoms with E-state index in [1.165, 1.54) is 12.1 Å². The second-order valence-electron chi connectivity index (χ2n) is 3.81. The molecule has 0 radical (unpaired) electrons. The maximum Gasteiger partial charge on any atom is 0.256 e. The highest BCUT2D eigenvalue weighted by Gasteiger charge is 2.09. The highest BCUT2D eigenvalue weighted by atomic mass is 35.5. The topological polar surface area (TPSA) is 62.2 Å². The summed E-state index contributed by atoms with van der Waals surface area (Å²) >= 11 is 5.69. The maximum atomic E-state index is 12.0. The first-order valence-corrected chi connectivity index (χ1v) is 5.66. The Morgan fingerprint density at radius 2 is 2.17 bits per heavy atom. The van der Waals surface area contributed by atoms with Crippen molar-refractivity contribution >= 4 is 23.2 Å². The van der Waals surface area contributed by atoms with Gasteiger partial charge < -0.3 is 10.4 Å². The fourth-order valence-corrected chi connectivity index (χ4v) is 1.63. The minimum atomic E-state index is -0.253. The summed E-state index contributed by atoms with van der Waals surface area (Å²) in [6.07, 6.45) is 3.18. The number of hydrogen-bond donors (Lipinski definition) is 2. The number of halogens is 1. The third-order valence-electron chi connectivity index (χ3n) is 2.47. The molecule has 4 nitrogen and oxygen atoms in total. The highest BCUT2D eigenvalue weighted by Crippen LogP contribution is 2.26. The summed E-state index contributed by atoms with van der Waals surface area (Å²) in [7, 11) is 0. The number of hydrogen-bond acceptors (Lipinski definition) is 3. The van der Waals surface area contributed by atoms with Crippen molar-refractivity contribution in [3.63, 3.8) is 0 Å². The first kappa shape index (κ1) is 12.4. The lowest BCUT2D eigenvalue weighted by atomic mass is 10.1. The molecular formula is C13H11ClN2O2. The number of phenols is 1. The van der Waals surface area contributed by atoms with E-state index in [4.69, 9.17) is 11.6 Å². The Kier molecular flexibility index (Phi) is 3.48. The van der Waals surface area contributed by atoms with E-state index < -0.39 is 0 Å². The smallest absolute Gasteiger partial charge is 0.256 e. The van der Waals surface area contributed by atoms with Crippen LogP contribution < -0.4 is 5.32 Å². The zero-order valence-electron chi connectivity index (χ0n) is 9.64. The predicted molar refractivity (Wildman–Crippen MR) is 70.0 cm³/mol. The van der Waals surface area contributed by atoms with E-state index in [0.717, 1.165) is 5.56 Å². The molecule has 18 heavy (non-hydrogen) atoms.